The minimum Gasteiger partial charge on any atom is -0.507 e. The Morgan fingerprint density at radius 3 is 2.20 bits per heavy atom. The molecule has 2 unspecified atom stereocenters. The van der Waals surface area contributed by atoms with Crippen molar-refractivity contribution in [3.05, 3.63) is 69.8 Å². The van der Waals surface area contributed by atoms with E-state index < -0.39 is 0 Å². The Kier molecular flexibility index (Phi) is 5.69. The zero-order valence-electron chi connectivity index (χ0n) is 21.4. The van der Waals surface area contributed by atoms with Crippen molar-refractivity contribution in [2.24, 2.45) is 29.1 Å². The standard InChI is InChI=1S/C31H36O4/c1-16(2)17(3)6-7-18(4)22-10-11-23-19-8-9-21-26(20(19)14-15-31(22,23)5)30(35)28-25(33)13-12-24(32)27(28)29(21)34/h6-9,12-13,16-18,22-23,32-33H,10-11,14-15H2,1-5H3/b7-6+/t17-,18?,22+,23?,31+/m0/s1. The Morgan fingerprint density at radius 2 is 1.54 bits per heavy atom. The summed E-state index contributed by atoms with van der Waals surface area (Å²) in [6, 6.07) is 6.38. The summed E-state index contributed by atoms with van der Waals surface area (Å²) in [6.07, 6.45) is 8.75. The Balaban J connectivity index is 1.53. The van der Waals surface area contributed by atoms with Gasteiger partial charge in [0.25, 0.3) is 0 Å². The maximum atomic E-state index is 13.6. The molecule has 3 aliphatic rings. The predicted octanol–water partition coefficient (Wildman–Crippen LogP) is 6.80. The lowest BCUT2D eigenvalue weighted by Crippen LogP contribution is -2.36. The van der Waals surface area contributed by atoms with Gasteiger partial charge in [-0.05, 0) is 90.0 Å². The molecule has 0 radical (unpaired) electrons. The van der Waals surface area contributed by atoms with E-state index in [2.05, 4.69) is 52.8 Å². The van der Waals surface area contributed by atoms with E-state index >= 15 is 0 Å². The van der Waals surface area contributed by atoms with Crippen molar-refractivity contribution in [1.29, 1.82) is 0 Å². The first-order valence-electron chi connectivity index (χ1n) is 13.0. The van der Waals surface area contributed by atoms with Crippen LogP contribution in [0.4, 0.5) is 0 Å². The van der Waals surface area contributed by atoms with E-state index in [4.69, 9.17) is 0 Å². The SMILES string of the molecule is CC(/C=C/[C@H](C)C(C)C)[C@H]1CCC2c3ccc4c(c3CC[C@@]21C)C(=O)c1c(O)ccc(O)c1C4=O. The molecule has 2 aromatic carbocycles. The second kappa shape index (κ2) is 8.36. The zero-order valence-corrected chi connectivity index (χ0v) is 21.4. The van der Waals surface area contributed by atoms with E-state index in [0.717, 1.165) is 31.2 Å². The van der Waals surface area contributed by atoms with E-state index in [-0.39, 0.29) is 39.6 Å². The number of fused-ring (bicyclic) bond motifs is 6. The van der Waals surface area contributed by atoms with Gasteiger partial charge in [0, 0.05) is 11.1 Å². The lowest BCUT2D eigenvalue weighted by Gasteiger charge is -2.44. The molecule has 0 spiro atoms. The van der Waals surface area contributed by atoms with Crippen molar-refractivity contribution < 1.29 is 19.8 Å². The molecule has 4 nitrogen and oxygen atoms in total. The van der Waals surface area contributed by atoms with Gasteiger partial charge in [-0.25, -0.2) is 0 Å². The number of rotatable bonds is 4. The van der Waals surface area contributed by atoms with Crippen LogP contribution < -0.4 is 0 Å². The van der Waals surface area contributed by atoms with Gasteiger partial charge < -0.3 is 10.2 Å². The summed E-state index contributed by atoms with van der Waals surface area (Å²) in [7, 11) is 0. The van der Waals surface area contributed by atoms with Crippen LogP contribution in [-0.4, -0.2) is 21.8 Å². The van der Waals surface area contributed by atoms with E-state index in [0.29, 0.717) is 40.7 Å². The molecule has 0 amide bonds. The molecule has 184 valence electrons. The Morgan fingerprint density at radius 1 is 0.886 bits per heavy atom. The first kappa shape index (κ1) is 23.8. The molecule has 2 aromatic rings. The quantitative estimate of drug-likeness (QED) is 0.323. The van der Waals surface area contributed by atoms with Crippen LogP contribution in [0.15, 0.2) is 36.4 Å². The molecule has 0 heterocycles. The highest BCUT2D eigenvalue weighted by molar-refractivity contribution is 6.30. The van der Waals surface area contributed by atoms with Crippen molar-refractivity contribution in [2.75, 3.05) is 0 Å². The van der Waals surface area contributed by atoms with Crippen molar-refractivity contribution in [1.82, 2.24) is 0 Å². The van der Waals surface area contributed by atoms with Gasteiger partial charge in [-0.15, -0.1) is 0 Å². The molecule has 0 aromatic heterocycles. The Hall–Kier alpha value is -2.88. The van der Waals surface area contributed by atoms with Crippen LogP contribution in [0.1, 0.15) is 103 Å². The molecular formula is C31H36O4. The highest BCUT2D eigenvalue weighted by Gasteiger charge is 2.51. The molecule has 0 saturated heterocycles. The highest BCUT2D eigenvalue weighted by Crippen LogP contribution is 2.61. The second-order valence-electron chi connectivity index (χ2n) is 11.7. The van der Waals surface area contributed by atoms with Crippen LogP contribution in [0.3, 0.4) is 0 Å². The number of allylic oxidation sites excluding steroid dienone is 2. The number of hydrogen-bond acceptors (Lipinski definition) is 4. The van der Waals surface area contributed by atoms with Crippen LogP contribution >= 0.6 is 0 Å². The van der Waals surface area contributed by atoms with Gasteiger partial charge in [-0.3, -0.25) is 9.59 Å². The van der Waals surface area contributed by atoms with Gasteiger partial charge >= 0.3 is 0 Å². The zero-order chi connectivity index (χ0) is 25.2. The lowest BCUT2D eigenvalue weighted by molar-refractivity contribution is 0.0970. The summed E-state index contributed by atoms with van der Waals surface area (Å²) >= 11 is 0. The van der Waals surface area contributed by atoms with Crippen LogP contribution in [0.25, 0.3) is 0 Å². The predicted molar refractivity (Wildman–Crippen MR) is 137 cm³/mol. The monoisotopic (exact) mass is 472 g/mol. The second-order valence-corrected chi connectivity index (χ2v) is 11.7. The Bertz CT molecular complexity index is 1250. The fraction of sp³-hybridized carbons (Fsp3) is 0.484. The first-order valence-corrected chi connectivity index (χ1v) is 13.0. The number of carbonyl (C=O) groups excluding carboxylic acids is 2. The van der Waals surface area contributed by atoms with Gasteiger partial charge in [0.15, 0.2) is 11.6 Å². The molecule has 1 saturated carbocycles. The normalized spacial score (nSPS) is 26.9. The maximum Gasteiger partial charge on any atom is 0.198 e. The Labute approximate surface area is 208 Å². The number of ketones is 2. The van der Waals surface area contributed by atoms with Crippen molar-refractivity contribution in [2.45, 2.75) is 66.2 Å². The molecule has 0 bridgehead atoms. The van der Waals surface area contributed by atoms with Crippen LogP contribution in [-0.2, 0) is 6.42 Å². The molecule has 1 fully saturated rings. The summed E-state index contributed by atoms with van der Waals surface area (Å²) in [5, 5.41) is 20.7. The smallest absolute Gasteiger partial charge is 0.198 e. The molecule has 0 aliphatic heterocycles. The van der Waals surface area contributed by atoms with Gasteiger partial charge in [0.1, 0.15) is 11.5 Å². The van der Waals surface area contributed by atoms with Crippen molar-refractivity contribution in [3.8, 4) is 11.5 Å². The molecule has 5 rings (SSSR count). The van der Waals surface area contributed by atoms with Crippen molar-refractivity contribution in [3.63, 3.8) is 0 Å². The van der Waals surface area contributed by atoms with Crippen LogP contribution in [0.2, 0.25) is 0 Å². The highest BCUT2D eigenvalue weighted by atomic mass is 16.3. The third-order valence-electron chi connectivity index (χ3n) is 9.54. The summed E-state index contributed by atoms with van der Waals surface area (Å²) < 4.78 is 0. The minimum absolute atomic E-state index is 0.0634. The largest absolute Gasteiger partial charge is 0.507 e. The van der Waals surface area contributed by atoms with Crippen LogP contribution in [0, 0.1) is 29.1 Å². The lowest BCUT2D eigenvalue weighted by atomic mass is 9.60. The summed E-state index contributed by atoms with van der Waals surface area (Å²) in [5.74, 6) is 1.34. The van der Waals surface area contributed by atoms with Gasteiger partial charge in [-0.2, -0.15) is 0 Å². The average molecular weight is 473 g/mol. The van der Waals surface area contributed by atoms with E-state index in [9.17, 15) is 19.8 Å². The molecule has 35 heavy (non-hydrogen) atoms. The summed E-state index contributed by atoms with van der Waals surface area (Å²) in [6.45, 7) is 11.6. The average Bonchev–Trinajstić information content (AvgIpc) is 3.18. The van der Waals surface area contributed by atoms with Crippen LogP contribution in [0.5, 0.6) is 11.5 Å². The third-order valence-corrected chi connectivity index (χ3v) is 9.54. The number of aromatic hydroxyl groups is 2. The van der Waals surface area contributed by atoms with Crippen molar-refractivity contribution >= 4 is 11.6 Å². The fourth-order valence-corrected chi connectivity index (χ4v) is 7.11. The number of carbonyl (C=O) groups is 2. The molecule has 2 N–H and O–H groups in total. The number of phenolic OH excluding ortho intramolecular Hbond substituents is 2. The minimum atomic E-state index is -0.388. The molecule has 4 heteroatoms. The number of benzene rings is 2. The van der Waals surface area contributed by atoms with Gasteiger partial charge in [0.05, 0.1) is 11.1 Å². The van der Waals surface area contributed by atoms with E-state index in [1.54, 1.807) is 6.07 Å². The molecular weight excluding hydrogens is 436 g/mol. The summed E-state index contributed by atoms with van der Waals surface area (Å²) in [5.41, 5.74) is 2.94. The van der Waals surface area contributed by atoms with E-state index in [1.807, 2.05) is 0 Å². The van der Waals surface area contributed by atoms with Gasteiger partial charge in [0.2, 0.25) is 0 Å². The molecule has 5 atom stereocenters. The van der Waals surface area contributed by atoms with Gasteiger partial charge in [-0.1, -0.05) is 52.8 Å². The first-order chi connectivity index (χ1) is 16.6. The maximum absolute atomic E-state index is 13.6. The summed E-state index contributed by atoms with van der Waals surface area (Å²) in [4.78, 5) is 26.9. The number of hydrogen-bond donors (Lipinski definition) is 2. The van der Waals surface area contributed by atoms with E-state index in [1.165, 1.54) is 17.7 Å². The third kappa shape index (κ3) is 3.48. The molecule has 3 aliphatic carbocycles. The fourth-order valence-electron chi connectivity index (χ4n) is 7.11. The number of phenols is 2. The topological polar surface area (TPSA) is 74.6 Å².